The standard InChI is InChI=1S/C14H22O2/c1-12(2)8-9-16-11-14-6-4-13(5-7-14)10-15-3/h4-7,12H,8-11H2,1-3H3. The lowest BCUT2D eigenvalue weighted by atomic mass is 10.1. The van der Waals surface area contributed by atoms with Crippen LogP contribution in [0.1, 0.15) is 31.4 Å². The van der Waals surface area contributed by atoms with Crippen molar-refractivity contribution in [3.8, 4) is 0 Å². The summed E-state index contributed by atoms with van der Waals surface area (Å²) in [5, 5.41) is 0. The van der Waals surface area contributed by atoms with Gasteiger partial charge in [-0.2, -0.15) is 0 Å². The van der Waals surface area contributed by atoms with Gasteiger partial charge in [0.1, 0.15) is 0 Å². The molecule has 0 saturated heterocycles. The highest BCUT2D eigenvalue weighted by Gasteiger charge is 1.97. The number of rotatable bonds is 7. The van der Waals surface area contributed by atoms with Crippen LogP contribution in [0.2, 0.25) is 0 Å². The summed E-state index contributed by atoms with van der Waals surface area (Å²) in [6, 6.07) is 8.38. The van der Waals surface area contributed by atoms with Gasteiger partial charge in [0.15, 0.2) is 0 Å². The minimum absolute atomic E-state index is 0.675. The molecule has 0 aliphatic rings. The first-order valence-electron chi connectivity index (χ1n) is 5.87. The average Bonchev–Trinajstić information content (AvgIpc) is 2.27. The van der Waals surface area contributed by atoms with Gasteiger partial charge in [-0.25, -0.2) is 0 Å². The molecule has 2 heteroatoms. The predicted octanol–water partition coefficient (Wildman–Crippen LogP) is 3.40. The van der Waals surface area contributed by atoms with Crippen LogP contribution in [0.25, 0.3) is 0 Å². The Bertz CT molecular complexity index is 277. The van der Waals surface area contributed by atoms with Crippen LogP contribution in [0.15, 0.2) is 24.3 Å². The lowest BCUT2D eigenvalue weighted by molar-refractivity contribution is 0.110. The van der Waals surface area contributed by atoms with Crippen LogP contribution < -0.4 is 0 Å². The quantitative estimate of drug-likeness (QED) is 0.658. The Hall–Kier alpha value is -0.860. The third-order valence-corrected chi connectivity index (χ3v) is 2.44. The van der Waals surface area contributed by atoms with Gasteiger partial charge >= 0.3 is 0 Å². The molecule has 0 fully saturated rings. The van der Waals surface area contributed by atoms with Crippen molar-refractivity contribution < 1.29 is 9.47 Å². The largest absolute Gasteiger partial charge is 0.380 e. The number of hydrogen-bond acceptors (Lipinski definition) is 2. The molecule has 0 aromatic heterocycles. The number of ether oxygens (including phenoxy) is 2. The van der Waals surface area contributed by atoms with Gasteiger partial charge in [-0.15, -0.1) is 0 Å². The maximum atomic E-state index is 5.60. The van der Waals surface area contributed by atoms with Crippen molar-refractivity contribution >= 4 is 0 Å². The second-order valence-corrected chi connectivity index (χ2v) is 4.48. The monoisotopic (exact) mass is 222 g/mol. The van der Waals surface area contributed by atoms with Crippen molar-refractivity contribution in [2.45, 2.75) is 33.5 Å². The average molecular weight is 222 g/mol. The van der Waals surface area contributed by atoms with E-state index in [1.54, 1.807) is 7.11 Å². The molecule has 0 heterocycles. The van der Waals surface area contributed by atoms with Gasteiger partial charge in [-0.1, -0.05) is 38.1 Å². The molecule has 0 aliphatic heterocycles. The van der Waals surface area contributed by atoms with Crippen LogP contribution in [0.4, 0.5) is 0 Å². The molecule has 0 spiro atoms. The van der Waals surface area contributed by atoms with E-state index in [2.05, 4.69) is 38.1 Å². The summed E-state index contributed by atoms with van der Waals surface area (Å²) < 4.78 is 10.7. The lowest BCUT2D eigenvalue weighted by Crippen LogP contribution is -1.99. The first-order chi connectivity index (χ1) is 7.72. The highest BCUT2D eigenvalue weighted by molar-refractivity contribution is 5.21. The van der Waals surface area contributed by atoms with Crippen molar-refractivity contribution in [2.75, 3.05) is 13.7 Å². The summed E-state index contributed by atoms with van der Waals surface area (Å²) in [4.78, 5) is 0. The van der Waals surface area contributed by atoms with Crippen molar-refractivity contribution in [1.29, 1.82) is 0 Å². The van der Waals surface area contributed by atoms with Gasteiger partial charge in [0.05, 0.1) is 13.2 Å². The number of hydrogen-bond donors (Lipinski definition) is 0. The van der Waals surface area contributed by atoms with E-state index in [0.29, 0.717) is 19.1 Å². The second kappa shape index (κ2) is 7.42. The van der Waals surface area contributed by atoms with Crippen LogP contribution in [0.5, 0.6) is 0 Å². The van der Waals surface area contributed by atoms with E-state index >= 15 is 0 Å². The van der Waals surface area contributed by atoms with Crippen molar-refractivity contribution in [2.24, 2.45) is 5.92 Å². The zero-order valence-electron chi connectivity index (χ0n) is 10.5. The van der Waals surface area contributed by atoms with Gasteiger partial charge < -0.3 is 9.47 Å². The summed E-state index contributed by atoms with van der Waals surface area (Å²) in [6.45, 7) is 6.65. The third-order valence-electron chi connectivity index (χ3n) is 2.44. The van der Waals surface area contributed by atoms with Gasteiger partial charge in [-0.05, 0) is 23.5 Å². The van der Waals surface area contributed by atoms with E-state index in [1.165, 1.54) is 11.1 Å². The summed E-state index contributed by atoms with van der Waals surface area (Å²) in [5.41, 5.74) is 2.43. The molecule has 0 amide bonds. The molecule has 0 bridgehead atoms. The normalized spacial score (nSPS) is 11.0. The Labute approximate surface area is 98.6 Å². The van der Waals surface area contributed by atoms with Crippen LogP contribution in [0, 0.1) is 5.92 Å². The first-order valence-corrected chi connectivity index (χ1v) is 5.87. The number of benzene rings is 1. The Morgan fingerprint density at radius 2 is 1.56 bits per heavy atom. The summed E-state index contributed by atoms with van der Waals surface area (Å²) in [5.74, 6) is 0.712. The fourth-order valence-corrected chi connectivity index (χ4v) is 1.41. The Morgan fingerprint density at radius 3 is 2.06 bits per heavy atom. The van der Waals surface area contributed by atoms with Gasteiger partial charge in [0, 0.05) is 13.7 Å². The molecular weight excluding hydrogens is 200 g/mol. The summed E-state index contributed by atoms with van der Waals surface area (Å²) in [6.07, 6.45) is 1.13. The van der Waals surface area contributed by atoms with Gasteiger partial charge in [0.25, 0.3) is 0 Å². The topological polar surface area (TPSA) is 18.5 Å². The molecule has 1 aromatic carbocycles. The lowest BCUT2D eigenvalue weighted by Gasteiger charge is -2.07. The van der Waals surface area contributed by atoms with Crippen LogP contribution in [0.3, 0.4) is 0 Å². The van der Waals surface area contributed by atoms with E-state index in [4.69, 9.17) is 9.47 Å². The number of methoxy groups -OCH3 is 1. The highest BCUT2D eigenvalue weighted by Crippen LogP contribution is 2.07. The first kappa shape index (κ1) is 13.2. The predicted molar refractivity (Wildman–Crippen MR) is 66.3 cm³/mol. The zero-order chi connectivity index (χ0) is 11.8. The third kappa shape index (κ3) is 5.29. The van der Waals surface area contributed by atoms with E-state index < -0.39 is 0 Å². The van der Waals surface area contributed by atoms with E-state index in [9.17, 15) is 0 Å². The molecule has 2 nitrogen and oxygen atoms in total. The fraction of sp³-hybridized carbons (Fsp3) is 0.571. The Kier molecular flexibility index (Phi) is 6.12. The fourth-order valence-electron chi connectivity index (χ4n) is 1.41. The molecule has 0 radical (unpaired) electrons. The minimum atomic E-state index is 0.675. The van der Waals surface area contributed by atoms with Crippen molar-refractivity contribution in [3.63, 3.8) is 0 Å². The second-order valence-electron chi connectivity index (χ2n) is 4.48. The Balaban J connectivity index is 2.26. The zero-order valence-corrected chi connectivity index (χ0v) is 10.5. The van der Waals surface area contributed by atoms with E-state index in [0.717, 1.165) is 13.0 Å². The maximum Gasteiger partial charge on any atom is 0.0716 e. The SMILES string of the molecule is COCc1ccc(COCCC(C)C)cc1. The molecule has 0 unspecified atom stereocenters. The van der Waals surface area contributed by atoms with Crippen molar-refractivity contribution in [1.82, 2.24) is 0 Å². The summed E-state index contributed by atoms with van der Waals surface area (Å²) in [7, 11) is 1.71. The van der Waals surface area contributed by atoms with Gasteiger partial charge in [-0.3, -0.25) is 0 Å². The van der Waals surface area contributed by atoms with Crippen LogP contribution in [-0.4, -0.2) is 13.7 Å². The molecule has 0 aliphatic carbocycles. The molecule has 0 N–H and O–H groups in total. The van der Waals surface area contributed by atoms with Crippen LogP contribution >= 0.6 is 0 Å². The molecule has 1 rings (SSSR count). The minimum Gasteiger partial charge on any atom is -0.380 e. The van der Waals surface area contributed by atoms with Crippen LogP contribution in [-0.2, 0) is 22.7 Å². The van der Waals surface area contributed by atoms with E-state index in [-0.39, 0.29) is 0 Å². The van der Waals surface area contributed by atoms with Gasteiger partial charge in [0.2, 0.25) is 0 Å². The molecule has 1 aromatic rings. The smallest absolute Gasteiger partial charge is 0.0716 e. The molecule has 0 atom stereocenters. The molecule has 16 heavy (non-hydrogen) atoms. The van der Waals surface area contributed by atoms with Crippen molar-refractivity contribution in [3.05, 3.63) is 35.4 Å². The van der Waals surface area contributed by atoms with E-state index in [1.807, 2.05) is 0 Å². The molecule has 0 saturated carbocycles. The Morgan fingerprint density at radius 1 is 1.00 bits per heavy atom. The molecule has 90 valence electrons. The summed E-state index contributed by atoms with van der Waals surface area (Å²) >= 11 is 0. The highest BCUT2D eigenvalue weighted by atomic mass is 16.5. The maximum absolute atomic E-state index is 5.60. The molecular formula is C14H22O2.